The summed E-state index contributed by atoms with van der Waals surface area (Å²) in [6, 6.07) is 0. The van der Waals surface area contributed by atoms with Gasteiger partial charge in [-0.2, -0.15) is 0 Å². The average Bonchev–Trinajstić information content (AvgIpc) is 3.05. The SMILES string of the molecule is C/C=C(/C)C(=O)O[C@H]1C(C)=C[C@]23C(=O)[C@@](C)(C(O)C(=O)[C@]12O)[C@@]1(C)[C@@H](C[C@H]3C)C1(C)C. The van der Waals surface area contributed by atoms with Gasteiger partial charge in [0.2, 0.25) is 0 Å². The van der Waals surface area contributed by atoms with Gasteiger partial charge in [0.25, 0.3) is 0 Å². The molecule has 1 spiro atoms. The standard InChI is InChI=1S/C25H34O6/c1-9-12(2)19(28)31-18-13(3)11-24-14(4)10-15-21(5,6)23(15,8)22(7,20(24)29)16(26)17(27)25(18,24)30/h9,11,14-16,18,26,30H,10H2,1-8H3/b12-9-/t14-,15+,16?,18+,22-,23+,24+,25+/m1/s1. The summed E-state index contributed by atoms with van der Waals surface area (Å²) in [5, 5.41) is 23.3. The summed E-state index contributed by atoms with van der Waals surface area (Å²) in [6.07, 6.45) is 0.877. The van der Waals surface area contributed by atoms with Gasteiger partial charge in [0, 0.05) is 5.57 Å². The first-order valence-electron chi connectivity index (χ1n) is 11.1. The second kappa shape index (κ2) is 5.96. The van der Waals surface area contributed by atoms with E-state index in [9.17, 15) is 24.6 Å². The van der Waals surface area contributed by atoms with Gasteiger partial charge in [-0.1, -0.05) is 39.8 Å². The predicted molar refractivity (Wildman–Crippen MR) is 114 cm³/mol. The second-order valence-corrected chi connectivity index (χ2v) is 11.2. The molecule has 1 unspecified atom stereocenters. The molecular formula is C25H34O6. The number of hydrogen-bond donors (Lipinski definition) is 2. The number of ketones is 2. The third kappa shape index (κ3) is 2.01. The van der Waals surface area contributed by atoms with Crippen LogP contribution in [0.3, 0.4) is 0 Å². The fraction of sp³-hybridized carbons (Fsp3) is 0.720. The maximum Gasteiger partial charge on any atom is 0.334 e. The molecule has 0 aliphatic heterocycles. The third-order valence-corrected chi connectivity index (χ3v) is 10.1. The molecule has 0 heterocycles. The lowest BCUT2D eigenvalue weighted by atomic mass is 9.47. The van der Waals surface area contributed by atoms with Crippen LogP contribution in [0, 0.1) is 33.5 Å². The molecule has 2 bridgehead atoms. The van der Waals surface area contributed by atoms with Crippen LogP contribution in [-0.2, 0) is 19.1 Å². The van der Waals surface area contributed by atoms with E-state index in [1.165, 1.54) is 0 Å². The van der Waals surface area contributed by atoms with Crippen LogP contribution >= 0.6 is 0 Å². The van der Waals surface area contributed by atoms with Crippen LogP contribution in [0.2, 0.25) is 0 Å². The van der Waals surface area contributed by atoms with Crippen molar-refractivity contribution in [3.63, 3.8) is 0 Å². The van der Waals surface area contributed by atoms with Gasteiger partial charge in [0.1, 0.15) is 6.10 Å². The van der Waals surface area contributed by atoms with Gasteiger partial charge in [-0.25, -0.2) is 4.79 Å². The lowest BCUT2D eigenvalue weighted by Gasteiger charge is -2.56. The monoisotopic (exact) mass is 430 g/mol. The molecule has 0 saturated heterocycles. The van der Waals surface area contributed by atoms with Crippen molar-refractivity contribution >= 4 is 17.5 Å². The number of aliphatic hydroxyl groups is 2. The Morgan fingerprint density at radius 2 is 1.81 bits per heavy atom. The van der Waals surface area contributed by atoms with Crippen molar-refractivity contribution < 1.29 is 29.3 Å². The maximum absolute atomic E-state index is 14.4. The number of allylic oxidation sites excluding steroid dienone is 1. The van der Waals surface area contributed by atoms with Gasteiger partial charge >= 0.3 is 5.97 Å². The molecule has 0 aromatic carbocycles. The van der Waals surface area contributed by atoms with Crippen molar-refractivity contribution in [2.24, 2.45) is 33.5 Å². The zero-order valence-corrected chi connectivity index (χ0v) is 19.7. The zero-order valence-electron chi connectivity index (χ0n) is 19.7. The number of Topliss-reactive ketones (excluding diaryl/α,β-unsaturated/α-hetero) is 2. The highest BCUT2D eigenvalue weighted by molar-refractivity contribution is 6.13. The number of carbonyl (C=O) groups excluding carboxylic acids is 3. The molecule has 31 heavy (non-hydrogen) atoms. The molecule has 6 nitrogen and oxygen atoms in total. The minimum Gasteiger partial charge on any atom is -0.451 e. The van der Waals surface area contributed by atoms with Crippen LogP contribution < -0.4 is 0 Å². The number of hydrogen-bond acceptors (Lipinski definition) is 6. The summed E-state index contributed by atoms with van der Waals surface area (Å²) in [6.45, 7) is 14.7. The van der Waals surface area contributed by atoms with Gasteiger partial charge in [-0.3, -0.25) is 9.59 Å². The molecule has 3 fully saturated rings. The van der Waals surface area contributed by atoms with Crippen molar-refractivity contribution in [2.45, 2.75) is 79.6 Å². The second-order valence-electron chi connectivity index (χ2n) is 11.2. The topological polar surface area (TPSA) is 101 Å². The summed E-state index contributed by atoms with van der Waals surface area (Å²) in [7, 11) is 0. The number of aliphatic hydroxyl groups excluding tert-OH is 1. The number of esters is 1. The smallest absolute Gasteiger partial charge is 0.334 e. The van der Waals surface area contributed by atoms with E-state index in [4.69, 9.17) is 4.74 Å². The Labute approximate surface area is 183 Å². The van der Waals surface area contributed by atoms with E-state index in [-0.39, 0.29) is 23.0 Å². The lowest BCUT2D eigenvalue weighted by molar-refractivity contribution is -0.213. The summed E-state index contributed by atoms with van der Waals surface area (Å²) in [5.74, 6) is -2.05. The number of carbonyl (C=O) groups is 3. The Morgan fingerprint density at radius 3 is 2.35 bits per heavy atom. The number of rotatable bonds is 2. The molecule has 0 amide bonds. The van der Waals surface area contributed by atoms with Crippen LogP contribution in [0.25, 0.3) is 0 Å². The minimum absolute atomic E-state index is 0.119. The highest BCUT2D eigenvalue weighted by Crippen LogP contribution is 2.83. The zero-order chi connectivity index (χ0) is 23.5. The highest BCUT2D eigenvalue weighted by atomic mass is 16.6. The molecule has 0 radical (unpaired) electrons. The fourth-order valence-corrected chi connectivity index (χ4v) is 7.65. The van der Waals surface area contributed by atoms with Crippen molar-refractivity contribution in [1.29, 1.82) is 0 Å². The van der Waals surface area contributed by atoms with Crippen LogP contribution in [0.15, 0.2) is 23.3 Å². The van der Waals surface area contributed by atoms with Crippen LogP contribution in [0.1, 0.15) is 61.8 Å². The Hall–Kier alpha value is -1.79. The fourth-order valence-electron chi connectivity index (χ4n) is 7.65. The molecule has 4 aliphatic rings. The minimum atomic E-state index is -2.33. The van der Waals surface area contributed by atoms with E-state index in [2.05, 4.69) is 13.8 Å². The van der Waals surface area contributed by atoms with E-state index >= 15 is 0 Å². The summed E-state index contributed by atoms with van der Waals surface area (Å²) in [4.78, 5) is 40.7. The van der Waals surface area contributed by atoms with E-state index < -0.39 is 45.8 Å². The van der Waals surface area contributed by atoms with Gasteiger partial charge in [0.15, 0.2) is 23.3 Å². The van der Waals surface area contributed by atoms with E-state index in [0.29, 0.717) is 17.6 Å². The van der Waals surface area contributed by atoms with Gasteiger partial charge in [-0.15, -0.1) is 0 Å². The summed E-state index contributed by atoms with van der Waals surface area (Å²) >= 11 is 0. The molecule has 0 aromatic heterocycles. The third-order valence-electron chi connectivity index (χ3n) is 10.1. The van der Waals surface area contributed by atoms with Crippen molar-refractivity contribution in [3.8, 4) is 0 Å². The summed E-state index contributed by atoms with van der Waals surface area (Å²) < 4.78 is 5.62. The van der Waals surface area contributed by atoms with Crippen LogP contribution in [0.4, 0.5) is 0 Å². The Kier molecular flexibility index (Phi) is 4.31. The number of fused-ring (bicyclic) bond motifs is 3. The highest BCUT2D eigenvalue weighted by Gasteiger charge is 2.88. The van der Waals surface area contributed by atoms with E-state index in [0.717, 1.165) is 0 Å². The summed E-state index contributed by atoms with van der Waals surface area (Å²) in [5.41, 5.74) is -5.22. The van der Waals surface area contributed by atoms with Gasteiger partial charge < -0.3 is 14.9 Å². The Bertz CT molecular complexity index is 974. The molecular weight excluding hydrogens is 396 g/mol. The Morgan fingerprint density at radius 1 is 1.23 bits per heavy atom. The molecule has 3 saturated carbocycles. The largest absolute Gasteiger partial charge is 0.451 e. The molecule has 4 rings (SSSR count). The molecule has 8 atom stereocenters. The van der Waals surface area contributed by atoms with Crippen LogP contribution in [-0.4, -0.2) is 45.6 Å². The molecule has 170 valence electrons. The quantitative estimate of drug-likeness (QED) is 0.397. The first-order valence-corrected chi connectivity index (χ1v) is 11.1. The van der Waals surface area contributed by atoms with Gasteiger partial charge in [0.05, 0.1) is 10.8 Å². The van der Waals surface area contributed by atoms with Crippen molar-refractivity contribution in [3.05, 3.63) is 23.3 Å². The van der Waals surface area contributed by atoms with E-state index in [1.807, 2.05) is 13.8 Å². The number of ether oxygens (including phenoxy) is 1. The Balaban J connectivity index is 1.94. The molecule has 2 N–H and O–H groups in total. The first kappa shape index (κ1) is 22.4. The first-order chi connectivity index (χ1) is 14.1. The molecule has 6 heteroatoms. The predicted octanol–water partition coefficient (Wildman–Crippen LogP) is 2.76. The lowest BCUT2D eigenvalue weighted by Crippen LogP contribution is -2.75. The van der Waals surface area contributed by atoms with Crippen molar-refractivity contribution in [2.75, 3.05) is 0 Å². The van der Waals surface area contributed by atoms with E-state index in [1.54, 1.807) is 39.8 Å². The molecule has 0 aromatic rings. The maximum atomic E-state index is 14.4. The normalized spacial score (nSPS) is 50.3. The van der Waals surface area contributed by atoms with Gasteiger partial charge in [-0.05, 0) is 62.4 Å². The van der Waals surface area contributed by atoms with Crippen molar-refractivity contribution in [1.82, 2.24) is 0 Å². The molecule has 4 aliphatic carbocycles. The average molecular weight is 431 g/mol. The van der Waals surface area contributed by atoms with Crippen LogP contribution in [0.5, 0.6) is 0 Å².